The van der Waals surface area contributed by atoms with E-state index in [0.29, 0.717) is 23.6 Å². The summed E-state index contributed by atoms with van der Waals surface area (Å²) >= 11 is 6.15. The highest BCUT2D eigenvalue weighted by Gasteiger charge is 2.13. The summed E-state index contributed by atoms with van der Waals surface area (Å²) in [4.78, 5) is 2.06. The number of anilines is 1. The third-order valence-corrected chi connectivity index (χ3v) is 2.78. The van der Waals surface area contributed by atoms with E-state index in [1.165, 1.54) is 0 Å². The average molecular weight is 248 g/mol. The van der Waals surface area contributed by atoms with Crippen LogP contribution < -0.4 is 4.90 Å². The van der Waals surface area contributed by atoms with Crippen LogP contribution in [0.4, 0.5) is 5.69 Å². The van der Waals surface area contributed by atoms with Gasteiger partial charge < -0.3 is 4.90 Å². The van der Waals surface area contributed by atoms with Gasteiger partial charge in [-0.1, -0.05) is 11.6 Å². The molecule has 0 unspecified atom stereocenters. The van der Waals surface area contributed by atoms with E-state index in [2.05, 4.69) is 17.0 Å². The van der Waals surface area contributed by atoms with Crippen LogP contribution in [0.15, 0.2) is 18.2 Å². The number of halogens is 1. The molecule has 0 spiro atoms. The van der Waals surface area contributed by atoms with Crippen LogP contribution >= 0.6 is 11.6 Å². The molecular formula is C13H14ClN3. The van der Waals surface area contributed by atoms with Crippen molar-refractivity contribution in [2.75, 3.05) is 11.4 Å². The summed E-state index contributed by atoms with van der Waals surface area (Å²) in [6, 6.07) is 9.66. The van der Waals surface area contributed by atoms with Crippen LogP contribution in [-0.2, 0) is 0 Å². The highest BCUT2D eigenvalue weighted by atomic mass is 35.5. The van der Waals surface area contributed by atoms with Gasteiger partial charge in [0, 0.05) is 12.6 Å². The molecule has 0 saturated carbocycles. The summed E-state index contributed by atoms with van der Waals surface area (Å²) in [5.41, 5.74) is 1.42. The predicted molar refractivity (Wildman–Crippen MR) is 68.9 cm³/mol. The van der Waals surface area contributed by atoms with Crippen LogP contribution in [0.3, 0.4) is 0 Å². The molecule has 0 aromatic heterocycles. The predicted octanol–water partition coefficient (Wildman–Crippen LogP) is 3.34. The van der Waals surface area contributed by atoms with Gasteiger partial charge in [-0.05, 0) is 32.0 Å². The summed E-state index contributed by atoms with van der Waals surface area (Å²) in [6.45, 7) is 4.73. The fourth-order valence-electron chi connectivity index (χ4n) is 1.64. The Kier molecular flexibility index (Phi) is 4.82. The van der Waals surface area contributed by atoms with Crippen molar-refractivity contribution in [3.63, 3.8) is 0 Å². The summed E-state index contributed by atoms with van der Waals surface area (Å²) in [7, 11) is 0. The van der Waals surface area contributed by atoms with Crippen molar-refractivity contribution in [3.05, 3.63) is 28.8 Å². The van der Waals surface area contributed by atoms with Gasteiger partial charge >= 0.3 is 0 Å². The lowest BCUT2D eigenvalue weighted by atomic mass is 10.1. The van der Waals surface area contributed by atoms with Crippen molar-refractivity contribution < 1.29 is 0 Å². The molecule has 17 heavy (non-hydrogen) atoms. The van der Waals surface area contributed by atoms with E-state index >= 15 is 0 Å². The largest absolute Gasteiger partial charge is 0.367 e. The molecule has 4 heteroatoms. The van der Waals surface area contributed by atoms with E-state index in [1.807, 2.05) is 19.9 Å². The highest BCUT2D eigenvalue weighted by molar-refractivity contribution is 6.33. The first-order chi connectivity index (χ1) is 8.10. The highest BCUT2D eigenvalue weighted by Crippen LogP contribution is 2.28. The first-order valence-electron chi connectivity index (χ1n) is 5.43. The third-order valence-electron chi connectivity index (χ3n) is 2.47. The molecule has 1 aromatic carbocycles. The topological polar surface area (TPSA) is 50.8 Å². The molecule has 88 valence electrons. The minimum atomic E-state index is 0.258. The van der Waals surface area contributed by atoms with Gasteiger partial charge in [-0.25, -0.2) is 0 Å². The minimum absolute atomic E-state index is 0.258. The van der Waals surface area contributed by atoms with Gasteiger partial charge in [0.05, 0.1) is 34.8 Å². The van der Waals surface area contributed by atoms with E-state index in [9.17, 15) is 0 Å². The molecular weight excluding hydrogens is 234 g/mol. The monoisotopic (exact) mass is 247 g/mol. The van der Waals surface area contributed by atoms with E-state index in [1.54, 1.807) is 12.1 Å². The van der Waals surface area contributed by atoms with Crippen LogP contribution in [0.2, 0.25) is 5.02 Å². The van der Waals surface area contributed by atoms with Crippen LogP contribution in [0, 0.1) is 22.7 Å². The zero-order valence-electron chi connectivity index (χ0n) is 9.94. The van der Waals surface area contributed by atoms with E-state index in [0.717, 1.165) is 5.69 Å². The fourth-order valence-corrected chi connectivity index (χ4v) is 1.93. The summed E-state index contributed by atoms with van der Waals surface area (Å²) < 4.78 is 0. The molecule has 1 aromatic rings. The lowest BCUT2D eigenvalue weighted by Crippen LogP contribution is -2.31. The molecule has 0 saturated heterocycles. The maximum atomic E-state index is 8.78. The molecule has 0 heterocycles. The fraction of sp³-hybridized carbons (Fsp3) is 0.385. The summed E-state index contributed by atoms with van der Waals surface area (Å²) in [6.07, 6.45) is 0.453. The molecule has 3 nitrogen and oxygen atoms in total. The van der Waals surface area contributed by atoms with Crippen molar-refractivity contribution in [1.82, 2.24) is 0 Å². The Morgan fingerprint density at radius 1 is 1.35 bits per heavy atom. The van der Waals surface area contributed by atoms with Crippen LogP contribution in [0.5, 0.6) is 0 Å². The van der Waals surface area contributed by atoms with Crippen molar-refractivity contribution in [2.45, 2.75) is 26.3 Å². The number of hydrogen-bond acceptors (Lipinski definition) is 3. The van der Waals surface area contributed by atoms with Gasteiger partial charge in [-0.2, -0.15) is 10.5 Å². The molecule has 1 rings (SSSR count). The zero-order valence-corrected chi connectivity index (χ0v) is 10.7. The Bertz CT molecular complexity index is 469. The average Bonchev–Trinajstić information content (AvgIpc) is 2.30. The quantitative estimate of drug-likeness (QED) is 0.820. The van der Waals surface area contributed by atoms with Gasteiger partial charge in [0.1, 0.15) is 0 Å². The molecule has 0 radical (unpaired) electrons. The van der Waals surface area contributed by atoms with Crippen LogP contribution in [-0.4, -0.2) is 12.6 Å². The van der Waals surface area contributed by atoms with E-state index < -0.39 is 0 Å². The zero-order chi connectivity index (χ0) is 12.8. The molecule has 0 atom stereocenters. The molecule has 0 amide bonds. The molecule has 0 bridgehead atoms. The minimum Gasteiger partial charge on any atom is -0.367 e. The molecule has 0 aliphatic rings. The second-order valence-corrected chi connectivity index (χ2v) is 4.38. The van der Waals surface area contributed by atoms with Crippen molar-refractivity contribution in [3.8, 4) is 12.1 Å². The molecule has 0 N–H and O–H groups in total. The van der Waals surface area contributed by atoms with Gasteiger partial charge in [-0.3, -0.25) is 0 Å². The van der Waals surface area contributed by atoms with E-state index in [-0.39, 0.29) is 6.04 Å². The van der Waals surface area contributed by atoms with E-state index in [4.69, 9.17) is 22.1 Å². The Morgan fingerprint density at radius 3 is 2.53 bits per heavy atom. The number of nitrogens with zero attached hydrogens (tertiary/aromatic N) is 3. The van der Waals surface area contributed by atoms with Gasteiger partial charge in [0.2, 0.25) is 0 Å². The first-order valence-corrected chi connectivity index (χ1v) is 5.81. The normalized spacial score (nSPS) is 9.76. The maximum Gasteiger partial charge on any atom is 0.0992 e. The Morgan fingerprint density at radius 2 is 2.06 bits per heavy atom. The lowest BCUT2D eigenvalue weighted by Gasteiger charge is -2.29. The smallest absolute Gasteiger partial charge is 0.0992 e. The molecule has 0 fully saturated rings. The first kappa shape index (κ1) is 13.4. The lowest BCUT2D eigenvalue weighted by molar-refractivity contribution is 0.687. The molecule has 0 aliphatic heterocycles. The van der Waals surface area contributed by atoms with Gasteiger partial charge in [-0.15, -0.1) is 0 Å². The SMILES string of the molecule is CC(C)N(CCC#N)c1ccc(C#N)cc1Cl. The van der Waals surface area contributed by atoms with Crippen LogP contribution in [0.25, 0.3) is 0 Å². The Hall–Kier alpha value is -1.71. The maximum absolute atomic E-state index is 8.78. The van der Waals surface area contributed by atoms with Crippen molar-refractivity contribution in [2.24, 2.45) is 0 Å². The van der Waals surface area contributed by atoms with Gasteiger partial charge in [0.25, 0.3) is 0 Å². The number of benzene rings is 1. The summed E-state index contributed by atoms with van der Waals surface area (Å²) in [5, 5.41) is 18.0. The van der Waals surface area contributed by atoms with Crippen LogP contribution in [0.1, 0.15) is 25.8 Å². The number of rotatable bonds is 4. The Labute approximate surface area is 107 Å². The second-order valence-electron chi connectivity index (χ2n) is 3.97. The standard InChI is InChI=1S/C13H14ClN3/c1-10(2)17(7-3-6-15)13-5-4-11(9-16)8-12(13)14/h4-5,8,10H,3,7H2,1-2H3. The number of nitriles is 2. The number of hydrogen-bond donors (Lipinski definition) is 0. The Balaban J connectivity index is 3.03. The molecule has 0 aliphatic carbocycles. The summed E-state index contributed by atoms with van der Waals surface area (Å²) in [5.74, 6) is 0. The van der Waals surface area contributed by atoms with Crippen molar-refractivity contribution >= 4 is 17.3 Å². The third kappa shape index (κ3) is 3.37. The van der Waals surface area contributed by atoms with Gasteiger partial charge in [0.15, 0.2) is 0 Å². The second kappa shape index (κ2) is 6.13. The van der Waals surface area contributed by atoms with Crippen molar-refractivity contribution in [1.29, 1.82) is 10.5 Å².